The average molecular weight is 250 g/mol. The largest absolute Gasteiger partial charge is 0.493 e. The number of aliphatic hydroxyl groups is 1. The molecule has 1 heterocycles. The first-order valence-electron chi connectivity index (χ1n) is 5.19. The number of rotatable bonds is 4. The van der Waals surface area contributed by atoms with Crippen LogP contribution in [0, 0.1) is 0 Å². The van der Waals surface area contributed by atoms with Gasteiger partial charge < -0.3 is 14.6 Å². The first-order chi connectivity index (χ1) is 8.26. The van der Waals surface area contributed by atoms with E-state index in [1.54, 1.807) is 26.4 Å². The molecule has 0 aliphatic rings. The monoisotopic (exact) mass is 250 g/mol. The predicted molar refractivity (Wildman–Crippen MR) is 67.9 cm³/mol. The number of benzene rings is 1. The van der Waals surface area contributed by atoms with Crippen LogP contribution in [0.3, 0.4) is 0 Å². The van der Waals surface area contributed by atoms with Crippen molar-refractivity contribution in [2.24, 2.45) is 0 Å². The number of thiophene rings is 1. The van der Waals surface area contributed by atoms with Gasteiger partial charge in [0.1, 0.15) is 6.10 Å². The first-order valence-corrected chi connectivity index (χ1v) is 6.07. The zero-order valence-electron chi connectivity index (χ0n) is 9.71. The molecular weight excluding hydrogens is 236 g/mol. The van der Waals surface area contributed by atoms with E-state index in [-0.39, 0.29) is 0 Å². The average Bonchev–Trinajstić information content (AvgIpc) is 2.90. The van der Waals surface area contributed by atoms with Crippen molar-refractivity contribution in [1.82, 2.24) is 0 Å². The van der Waals surface area contributed by atoms with Crippen LogP contribution in [0.15, 0.2) is 35.7 Å². The Kier molecular flexibility index (Phi) is 3.66. The van der Waals surface area contributed by atoms with Crippen molar-refractivity contribution >= 4 is 11.3 Å². The minimum Gasteiger partial charge on any atom is -0.493 e. The highest BCUT2D eigenvalue weighted by Crippen LogP contribution is 2.33. The summed E-state index contributed by atoms with van der Waals surface area (Å²) in [7, 11) is 3.17. The summed E-state index contributed by atoms with van der Waals surface area (Å²) in [6, 6.07) is 9.26. The van der Waals surface area contributed by atoms with Gasteiger partial charge in [0.05, 0.1) is 14.2 Å². The second kappa shape index (κ2) is 5.21. The third-order valence-corrected chi connectivity index (χ3v) is 3.46. The van der Waals surface area contributed by atoms with E-state index in [1.165, 1.54) is 11.3 Å². The molecule has 1 N–H and O–H groups in total. The zero-order chi connectivity index (χ0) is 12.3. The maximum atomic E-state index is 10.2. The Morgan fingerprint density at radius 2 is 1.88 bits per heavy atom. The van der Waals surface area contributed by atoms with Gasteiger partial charge in [-0.3, -0.25) is 0 Å². The minimum absolute atomic E-state index is 0.616. The number of hydrogen-bond donors (Lipinski definition) is 1. The Morgan fingerprint density at radius 1 is 1.12 bits per heavy atom. The molecule has 1 unspecified atom stereocenters. The van der Waals surface area contributed by atoms with Crippen LogP contribution < -0.4 is 9.47 Å². The van der Waals surface area contributed by atoms with Crippen molar-refractivity contribution in [2.45, 2.75) is 6.10 Å². The molecule has 0 saturated carbocycles. The lowest BCUT2D eigenvalue weighted by atomic mass is 10.1. The molecule has 0 radical (unpaired) electrons. The smallest absolute Gasteiger partial charge is 0.161 e. The molecule has 17 heavy (non-hydrogen) atoms. The molecule has 1 aromatic heterocycles. The summed E-state index contributed by atoms with van der Waals surface area (Å²) >= 11 is 1.53. The molecule has 0 aliphatic heterocycles. The van der Waals surface area contributed by atoms with Crippen molar-refractivity contribution in [3.63, 3.8) is 0 Å². The lowest BCUT2D eigenvalue weighted by Crippen LogP contribution is -1.99. The van der Waals surface area contributed by atoms with E-state index in [0.717, 1.165) is 10.4 Å². The highest BCUT2D eigenvalue weighted by atomic mass is 32.1. The summed E-state index contributed by atoms with van der Waals surface area (Å²) in [6.45, 7) is 0. The van der Waals surface area contributed by atoms with Gasteiger partial charge in [0.2, 0.25) is 0 Å². The molecule has 0 fully saturated rings. The SMILES string of the molecule is COc1ccc(C(O)c2cccs2)cc1OC. The van der Waals surface area contributed by atoms with Gasteiger partial charge in [0, 0.05) is 4.88 Å². The Labute approximate surface area is 104 Å². The molecule has 1 aromatic carbocycles. The normalized spacial score (nSPS) is 12.2. The van der Waals surface area contributed by atoms with E-state index in [2.05, 4.69) is 0 Å². The van der Waals surface area contributed by atoms with Gasteiger partial charge in [-0.1, -0.05) is 12.1 Å². The van der Waals surface area contributed by atoms with Crippen LogP contribution in [0.25, 0.3) is 0 Å². The Hall–Kier alpha value is -1.52. The molecule has 2 aromatic rings. The highest BCUT2D eigenvalue weighted by molar-refractivity contribution is 7.10. The molecule has 1 atom stereocenters. The van der Waals surface area contributed by atoms with Crippen molar-refractivity contribution < 1.29 is 14.6 Å². The van der Waals surface area contributed by atoms with Gasteiger partial charge in [-0.2, -0.15) is 0 Å². The zero-order valence-corrected chi connectivity index (χ0v) is 10.5. The minimum atomic E-state index is -0.616. The highest BCUT2D eigenvalue weighted by Gasteiger charge is 2.14. The molecule has 0 saturated heterocycles. The van der Waals surface area contributed by atoms with Crippen molar-refractivity contribution in [1.29, 1.82) is 0 Å². The standard InChI is InChI=1S/C13H14O3S/c1-15-10-6-5-9(8-11(10)16-2)13(14)12-4-3-7-17-12/h3-8,13-14H,1-2H3. The fraction of sp³-hybridized carbons (Fsp3) is 0.231. The molecule has 0 spiro atoms. The van der Waals surface area contributed by atoms with E-state index in [9.17, 15) is 5.11 Å². The Balaban J connectivity index is 2.33. The van der Waals surface area contributed by atoms with Crippen molar-refractivity contribution in [2.75, 3.05) is 14.2 Å². The summed E-state index contributed by atoms with van der Waals surface area (Å²) in [5.74, 6) is 1.29. The fourth-order valence-corrected chi connectivity index (χ4v) is 2.37. The number of methoxy groups -OCH3 is 2. The van der Waals surface area contributed by atoms with E-state index >= 15 is 0 Å². The lowest BCUT2D eigenvalue weighted by molar-refractivity contribution is 0.223. The molecule has 0 amide bonds. The van der Waals surface area contributed by atoms with Crippen LogP contribution in [0.1, 0.15) is 16.5 Å². The van der Waals surface area contributed by atoms with Crippen LogP contribution >= 0.6 is 11.3 Å². The third kappa shape index (κ3) is 2.43. The Morgan fingerprint density at radius 3 is 2.47 bits per heavy atom. The Bertz CT molecular complexity index is 479. The van der Waals surface area contributed by atoms with Gasteiger partial charge in [-0.25, -0.2) is 0 Å². The summed E-state index contributed by atoms with van der Waals surface area (Å²) in [5, 5.41) is 12.1. The number of ether oxygens (including phenoxy) is 2. The predicted octanol–water partition coefficient (Wildman–Crippen LogP) is 2.85. The van der Waals surface area contributed by atoms with Gasteiger partial charge in [-0.05, 0) is 29.1 Å². The van der Waals surface area contributed by atoms with Crippen molar-refractivity contribution in [3.05, 3.63) is 46.2 Å². The van der Waals surface area contributed by atoms with Crippen LogP contribution in [-0.4, -0.2) is 19.3 Å². The van der Waals surface area contributed by atoms with Gasteiger partial charge in [-0.15, -0.1) is 11.3 Å². The molecular formula is C13H14O3S. The van der Waals surface area contributed by atoms with Crippen LogP contribution in [-0.2, 0) is 0 Å². The summed E-state index contributed by atoms with van der Waals surface area (Å²) in [5.41, 5.74) is 0.796. The maximum absolute atomic E-state index is 10.2. The van der Waals surface area contributed by atoms with Crippen LogP contribution in [0.5, 0.6) is 11.5 Å². The van der Waals surface area contributed by atoms with Gasteiger partial charge in [0.25, 0.3) is 0 Å². The van der Waals surface area contributed by atoms with Gasteiger partial charge in [0.15, 0.2) is 11.5 Å². The molecule has 0 aliphatic carbocycles. The third-order valence-electron chi connectivity index (χ3n) is 2.54. The maximum Gasteiger partial charge on any atom is 0.161 e. The number of hydrogen-bond acceptors (Lipinski definition) is 4. The lowest BCUT2D eigenvalue weighted by Gasteiger charge is -2.13. The van der Waals surface area contributed by atoms with E-state index in [0.29, 0.717) is 11.5 Å². The van der Waals surface area contributed by atoms with Crippen LogP contribution in [0.2, 0.25) is 0 Å². The second-order valence-electron chi connectivity index (χ2n) is 3.53. The van der Waals surface area contributed by atoms with E-state index in [4.69, 9.17) is 9.47 Å². The topological polar surface area (TPSA) is 38.7 Å². The number of aliphatic hydroxyl groups excluding tert-OH is 1. The fourth-order valence-electron chi connectivity index (χ4n) is 1.63. The molecule has 3 nitrogen and oxygen atoms in total. The quantitative estimate of drug-likeness (QED) is 0.906. The summed E-state index contributed by atoms with van der Waals surface area (Å²) < 4.78 is 10.4. The summed E-state index contributed by atoms with van der Waals surface area (Å²) in [6.07, 6.45) is -0.616. The molecule has 0 bridgehead atoms. The van der Waals surface area contributed by atoms with E-state index < -0.39 is 6.10 Å². The second-order valence-corrected chi connectivity index (χ2v) is 4.51. The van der Waals surface area contributed by atoms with Crippen molar-refractivity contribution in [3.8, 4) is 11.5 Å². The summed E-state index contributed by atoms with van der Waals surface area (Å²) in [4.78, 5) is 0.914. The van der Waals surface area contributed by atoms with Crippen LogP contribution in [0.4, 0.5) is 0 Å². The van der Waals surface area contributed by atoms with Gasteiger partial charge >= 0.3 is 0 Å². The molecule has 90 valence electrons. The molecule has 2 rings (SSSR count). The molecule has 4 heteroatoms. The van der Waals surface area contributed by atoms with E-state index in [1.807, 2.05) is 23.6 Å². The first kappa shape index (κ1) is 12.0.